The molecular formula is C22H26BrF3N2OS. The molecule has 0 aliphatic heterocycles. The zero-order valence-corrected chi connectivity index (χ0v) is 19.8. The highest BCUT2D eigenvalue weighted by Crippen LogP contribution is 2.31. The van der Waals surface area contributed by atoms with Crippen molar-refractivity contribution in [1.82, 2.24) is 9.97 Å². The summed E-state index contributed by atoms with van der Waals surface area (Å²) in [5.74, 6) is 0. The summed E-state index contributed by atoms with van der Waals surface area (Å²) in [6.07, 6.45) is 0.793. The third kappa shape index (κ3) is 7.96. The molecule has 1 unspecified atom stereocenters. The van der Waals surface area contributed by atoms with Crippen molar-refractivity contribution in [2.45, 2.75) is 56.3 Å². The minimum atomic E-state index is -4.00. The number of H-pyrrole nitrogens is 1. The van der Waals surface area contributed by atoms with Gasteiger partial charge in [0.25, 0.3) is 0 Å². The number of pyridine rings is 1. The number of aromatic amines is 1. The average molecular weight is 503 g/mol. The lowest BCUT2D eigenvalue weighted by Crippen LogP contribution is -2.26. The van der Waals surface area contributed by atoms with E-state index < -0.39 is 12.3 Å². The Labute approximate surface area is 187 Å². The standard InChI is InChI=1S/C20H23BrN2OS.C2H3F3/c1-20(2,14-5-4-6-15(21)9-14)11-17(24)10-16-7-13-8-19(25-3)22-12-18(13)23-16;1-2(3,4)5/h4-9,12,17,23-24H,10-11H2,1-3H3;1H3. The van der Waals surface area contributed by atoms with Crippen molar-refractivity contribution >= 4 is 38.6 Å². The number of aliphatic hydroxyl groups is 1. The molecule has 1 aromatic carbocycles. The highest BCUT2D eigenvalue weighted by molar-refractivity contribution is 9.10. The van der Waals surface area contributed by atoms with Crippen LogP contribution in [0.25, 0.3) is 10.9 Å². The Morgan fingerprint density at radius 3 is 2.43 bits per heavy atom. The lowest BCUT2D eigenvalue weighted by Gasteiger charge is -2.28. The molecule has 8 heteroatoms. The summed E-state index contributed by atoms with van der Waals surface area (Å²) < 4.78 is 32.1. The maximum absolute atomic E-state index is 10.6. The highest BCUT2D eigenvalue weighted by atomic mass is 79.9. The molecule has 164 valence electrons. The van der Waals surface area contributed by atoms with Crippen LogP contribution in [0, 0.1) is 0 Å². The second-order valence-electron chi connectivity index (χ2n) is 7.85. The maximum Gasteiger partial charge on any atom is 0.386 e. The third-order valence-electron chi connectivity index (χ3n) is 4.55. The fourth-order valence-electron chi connectivity index (χ4n) is 3.24. The second-order valence-corrected chi connectivity index (χ2v) is 9.59. The van der Waals surface area contributed by atoms with Gasteiger partial charge >= 0.3 is 6.18 Å². The lowest BCUT2D eigenvalue weighted by atomic mass is 9.79. The summed E-state index contributed by atoms with van der Waals surface area (Å²) in [7, 11) is 0. The molecule has 1 atom stereocenters. The van der Waals surface area contributed by atoms with Gasteiger partial charge in [0.1, 0.15) is 0 Å². The van der Waals surface area contributed by atoms with Crippen LogP contribution in [-0.2, 0) is 11.8 Å². The van der Waals surface area contributed by atoms with E-state index in [0.29, 0.717) is 12.8 Å². The van der Waals surface area contributed by atoms with Crippen LogP contribution in [0.3, 0.4) is 0 Å². The Bertz CT molecular complexity index is 966. The maximum atomic E-state index is 10.6. The van der Waals surface area contributed by atoms with Crippen molar-refractivity contribution in [1.29, 1.82) is 0 Å². The second kappa shape index (κ2) is 10.2. The molecule has 0 fully saturated rings. The highest BCUT2D eigenvalue weighted by Gasteiger charge is 2.25. The summed E-state index contributed by atoms with van der Waals surface area (Å²) in [5, 5.41) is 12.8. The number of nitrogens with zero attached hydrogens (tertiary/aromatic N) is 1. The molecule has 3 aromatic rings. The number of fused-ring (bicyclic) bond motifs is 1. The van der Waals surface area contributed by atoms with Gasteiger partial charge in [-0.15, -0.1) is 11.8 Å². The van der Waals surface area contributed by atoms with Gasteiger partial charge in [0.15, 0.2) is 0 Å². The van der Waals surface area contributed by atoms with Crippen molar-refractivity contribution in [2.24, 2.45) is 0 Å². The van der Waals surface area contributed by atoms with Gasteiger partial charge in [0.05, 0.1) is 22.8 Å². The van der Waals surface area contributed by atoms with E-state index >= 15 is 0 Å². The predicted molar refractivity (Wildman–Crippen MR) is 121 cm³/mol. The number of thioether (sulfide) groups is 1. The van der Waals surface area contributed by atoms with Crippen LogP contribution in [-0.4, -0.2) is 33.6 Å². The van der Waals surface area contributed by atoms with E-state index in [1.54, 1.807) is 11.8 Å². The van der Waals surface area contributed by atoms with E-state index in [0.717, 1.165) is 26.1 Å². The molecule has 0 radical (unpaired) electrons. The van der Waals surface area contributed by atoms with Crippen molar-refractivity contribution in [2.75, 3.05) is 6.26 Å². The molecule has 2 heterocycles. The molecule has 0 aliphatic carbocycles. The lowest BCUT2D eigenvalue weighted by molar-refractivity contribution is -0.110. The molecule has 0 bridgehead atoms. The number of hydrogen-bond donors (Lipinski definition) is 2. The van der Waals surface area contributed by atoms with Gasteiger partial charge in [0.2, 0.25) is 0 Å². The molecule has 2 N–H and O–H groups in total. The normalized spacial score (nSPS) is 13.1. The monoisotopic (exact) mass is 502 g/mol. The van der Waals surface area contributed by atoms with Crippen LogP contribution in [0.2, 0.25) is 0 Å². The molecule has 3 nitrogen and oxygen atoms in total. The van der Waals surface area contributed by atoms with Gasteiger partial charge in [-0.1, -0.05) is 41.9 Å². The first-order chi connectivity index (χ1) is 13.9. The number of benzene rings is 1. The van der Waals surface area contributed by atoms with Gasteiger partial charge < -0.3 is 10.1 Å². The minimum absolute atomic E-state index is 0.0945. The largest absolute Gasteiger partial charge is 0.393 e. The predicted octanol–water partition coefficient (Wildman–Crippen LogP) is 6.89. The van der Waals surface area contributed by atoms with E-state index in [1.807, 2.05) is 24.6 Å². The number of halogens is 4. The third-order valence-corrected chi connectivity index (χ3v) is 5.69. The van der Waals surface area contributed by atoms with Crippen LogP contribution < -0.4 is 0 Å². The van der Waals surface area contributed by atoms with Crippen molar-refractivity contribution in [3.8, 4) is 0 Å². The van der Waals surface area contributed by atoms with Crippen LogP contribution >= 0.6 is 27.7 Å². The Hall–Kier alpha value is -1.51. The van der Waals surface area contributed by atoms with E-state index in [4.69, 9.17) is 0 Å². The fourth-order valence-corrected chi connectivity index (χ4v) is 4.04. The van der Waals surface area contributed by atoms with Gasteiger partial charge in [0, 0.05) is 28.9 Å². The van der Waals surface area contributed by atoms with Gasteiger partial charge in [-0.25, -0.2) is 4.98 Å². The number of rotatable bonds is 6. The zero-order valence-electron chi connectivity index (χ0n) is 17.3. The van der Waals surface area contributed by atoms with Crippen molar-refractivity contribution in [3.05, 3.63) is 58.3 Å². The van der Waals surface area contributed by atoms with E-state index in [9.17, 15) is 18.3 Å². The number of nitrogens with one attached hydrogen (secondary N) is 1. The zero-order chi connectivity index (χ0) is 22.5. The average Bonchev–Trinajstić information content (AvgIpc) is 3.00. The van der Waals surface area contributed by atoms with E-state index in [1.165, 1.54) is 5.56 Å². The van der Waals surface area contributed by atoms with Crippen LogP contribution in [0.1, 0.15) is 38.4 Å². The Balaban J connectivity index is 0.000000575. The van der Waals surface area contributed by atoms with Crippen LogP contribution in [0.4, 0.5) is 13.2 Å². The fraction of sp³-hybridized carbons (Fsp3) is 0.409. The minimum Gasteiger partial charge on any atom is -0.393 e. The van der Waals surface area contributed by atoms with Gasteiger partial charge in [-0.2, -0.15) is 13.2 Å². The molecule has 3 rings (SSSR count). The van der Waals surface area contributed by atoms with Crippen LogP contribution in [0.5, 0.6) is 0 Å². The number of aliphatic hydroxyl groups excluding tert-OH is 1. The molecular weight excluding hydrogens is 477 g/mol. The first-order valence-electron chi connectivity index (χ1n) is 9.40. The van der Waals surface area contributed by atoms with Gasteiger partial charge in [-0.3, -0.25) is 0 Å². The smallest absolute Gasteiger partial charge is 0.386 e. The van der Waals surface area contributed by atoms with Crippen LogP contribution in [0.15, 0.2) is 52.1 Å². The van der Waals surface area contributed by atoms with Gasteiger partial charge in [-0.05, 0) is 47.9 Å². The number of hydrogen-bond acceptors (Lipinski definition) is 3. The Kier molecular flexibility index (Phi) is 8.42. The SMILES string of the molecule is CC(F)(F)F.CSc1cc2cc(CC(O)CC(C)(C)c3cccc(Br)c3)[nH]c2cn1. The Morgan fingerprint density at radius 1 is 1.17 bits per heavy atom. The number of aromatic nitrogens is 2. The molecule has 0 amide bonds. The molecule has 0 spiro atoms. The summed E-state index contributed by atoms with van der Waals surface area (Å²) in [6, 6.07) is 12.5. The molecule has 0 saturated heterocycles. The summed E-state index contributed by atoms with van der Waals surface area (Å²) in [6.45, 7) is 4.54. The van der Waals surface area contributed by atoms with Crippen molar-refractivity contribution in [3.63, 3.8) is 0 Å². The summed E-state index contributed by atoms with van der Waals surface area (Å²) in [5.41, 5.74) is 3.20. The molecule has 0 saturated carbocycles. The topological polar surface area (TPSA) is 48.9 Å². The first kappa shape index (κ1) is 24.8. The van der Waals surface area contributed by atoms with E-state index in [-0.39, 0.29) is 12.3 Å². The molecule has 30 heavy (non-hydrogen) atoms. The van der Waals surface area contributed by atoms with E-state index in [2.05, 4.69) is 64.0 Å². The quantitative estimate of drug-likeness (QED) is 0.361. The van der Waals surface area contributed by atoms with Crippen molar-refractivity contribution < 1.29 is 18.3 Å². The number of alkyl halides is 3. The molecule has 2 aromatic heterocycles. The summed E-state index contributed by atoms with van der Waals surface area (Å²) >= 11 is 5.17. The first-order valence-corrected chi connectivity index (χ1v) is 11.4. The summed E-state index contributed by atoms with van der Waals surface area (Å²) in [4.78, 5) is 7.76. The molecule has 0 aliphatic rings. The Morgan fingerprint density at radius 2 is 1.83 bits per heavy atom.